The van der Waals surface area contributed by atoms with Gasteiger partial charge in [0.2, 0.25) is 5.28 Å². The van der Waals surface area contributed by atoms with E-state index in [0.29, 0.717) is 6.54 Å². The molecule has 1 fully saturated rings. The summed E-state index contributed by atoms with van der Waals surface area (Å²) in [5.74, 6) is 0. The van der Waals surface area contributed by atoms with E-state index >= 15 is 0 Å². The number of hydrogen-bond acceptors (Lipinski definition) is 5. The normalized spacial score (nSPS) is 21.3. The summed E-state index contributed by atoms with van der Waals surface area (Å²) in [6.07, 6.45) is 5.14. The van der Waals surface area contributed by atoms with Crippen molar-refractivity contribution < 1.29 is 9.31 Å². The summed E-state index contributed by atoms with van der Waals surface area (Å²) in [4.78, 5) is 7.88. The van der Waals surface area contributed by atoms with Crippen LogP contribution in [0.5, 0.6) is 0 Å². The fourth-order valence-electron chi connectivity index (χ4n) is 1.83. The quantitative estimate of drug-likeness (QED) is 0.683. The molecule has 2 heterocycles. The Labute approximate surface area is 124 Å². The molecule has 7 heteroatoms. The van der Waals surface area contributed by atoms with E-state index in [9.17, 15) is 0 Å². The van der Waals surface area contributed by atoms with Crippen molar-refractivity contribution in [2.45, 2.75) is 38.9 Å². The minimum Gasteiger partial charge on any atom is -0.400 e. The Balaban J connectivity index is 2.24. The predicted octanol–water partition coefficient (Wildman–Crippen LogP) is 2.10. The summed E-state index contributed by atoms with van der Waals surface area (Å²) >= 11 is 5.67. The molecule has 2 N–H and O–H groups in total. The van der Waals surface area contributed by atoms with Crippen LogP contribution in [0, 0.1) is 0 Å². The molecule has 0 bridgehead atoms. The van der Waals surface area contributed by atoms with Gasteiger partial charge in [-0.2, -0.15) is 0 Å². The smallest absolute Gasteiger partial charge is 0.400 e. The van der Waals surface area contributed by atoms with Gasteiger partial charge in [0.05, 0.1) is 11.2 Å². The molecule has 5 nitrogen and oxygen atoms in total. The minimum atomic E-state index is -0.458. The van der Waals surface area contributed by atoms with Crippen LogP contribution < -0.4 is 5.73 Å². The van der Waals surface area contributed by atoms with Crippen molar-refractivity contribution in [2.75, 3.05) is 6.54 Å². The highest BCUT2D eigenvalue weighted by molar-refractivity contribution is 6.55. The number of nitrogens with two attached hydrogens (primary N) is 1. The average molecular weight is 296 g/mol. The zero-order chi connectivity index (χ0) is 15.0. The molecule has 2 rings (SSSR count). The van der Waals surface area contributed by atoms with Crippen LogP contribution >= 0.6 is 11.6 Å². The van der Waals surface area contributed by atoms with Crippen molar-refractivity contribution in [3.63, 3.8) is 0 Å². The predicted molar refractivity (Wildman–Crippen MR) is 80.2 cm³/mol. The number of hydrogen-bond donors (Lipinski definition) is 1. The zero-order valence-corrected chi connectivity index (χ0v) is 12.9. The van der Waals surface area contributed by atoms with Crippen molar-refractivity contribution >= 4 is 24.8 Å². The van der Waals surface area contributed by atoms with Crippen LogP contribution in [0.4, 0.5) is 0 Å². The van der Waals surface area contributed by atoms with E-state index in [1.807, 2.05) is 33.8 Å². The Morgan fingerprint density at radius 1 is 1.25 bits per heavy atom. The van der Waals surface area contributed by atoms with E-state index in [1.54, 1.807) is 12.4 Å². The van der Waals surface area contributed by atoms with E-state index in [1.165, 1.54) is 0 Å². The van der Waals surface area contributed by atoms with Crippen LogP contribution in [0.25, 0.3) is 6.08 Å². The molecule has 0 radical (unpaired) electrons. The average Bonchev–Trinajstić information content (AvgIpc) is 2.57. The van der Waals surface area contributed by atoms with Crippen LogP contribution in [-0.4, -0.2) is 34.8 Å². The van der Waals surface area contributed by atoms with E-state index in [0.717, 1.165) is 11.0 Å². The maximum absolute atomic E-state index is 5.98. The van der Waals surface area contributed by atoms with Gasteiger partial charge >= 0.3 is 7.12 Å². The molecular formula is C13H19BClN3O2. The fraction of sp³-hybridized carbons (Fsp3) is 0.538. The molecule has 0 aromatic carbocycles. The fourth-order valence-corrected chi connectivity index (χ4v) is 1.93. The molecule has 1 aliphatic rings. The van der Waals surface area contributed by atoms with Gasteiger partial charge in [0.25, 0.3) is 0 Å². The van der Waals surface area contributed by atoms with E-state index < -0.39 is 7.12 Å². The third kappa shape index (κ3) is 3.04. The molecule has 0 aliphatic carbocycles. The largest absolute Gasteiger partial charge is 0.491 e. The van der Waals surface area contributed by atoms with Crippen LogP contribution in [0.2, 0.25) is 5.28 Å². The first-order valence-corrected chi connectivity index (χ1v) is 6.87. The number of rotatable bonds is 3. The summed E-state index contributed by atoms with van der Waals surface area (Å²) in [6, 6.07) is 0. The summed E-state index contributed by atoms with van der Waals surface area (Å²) in [5, 5.41) is 0.215. The standard InChI is InChI=1S/C13H19BClN3O2/c1-12(2)13(3,4)20-14(19-12)10(6-16)5-9-7-17-11(15)18-8-9/h5,7-8H,6,16H2,1-4H3. The minimum absolute atomic E-state index is 0.215. The molecule has 1 saturated heterocycles. The highest BCUT2D eigenvalue weighted by Crippen LogP contribution is 2.38. The first-order chi connectivity index (χ1) is 9.25. The lowest BCUT2D eigenvalue weighted by Gasteiger charge is -2.32. The first-order valence-electron chi connectivity index (χ1n) is 6.49. The van der Waals surface area contributed by atoms with Gasteiger partial charge in [-0.25, -0.2) is 9.97 Å². The Morgan fingerprint density at radius 2 is 1.75 bits per heavy atom. The van der Waals surface area contributed by atoms with E-state index in [2.05, 4.69) is 9.97 Å². The van der Waals surface area contributed by atoms with Crippen molar-refractivity contribution in [3.05, 3.63) is 28.7 Å². The number of halogens is 1. The van der Waals surface area contributed by atoms with Crippen LogP contribution in [0.1, 0.15) is 33.3 Å². The third-order valence-corrected chi connectivity index (χ3v) is 3.98. The second kappa shape index (κ2) is 5.45. The van der Waals surface area contributed by atoms with Crippen molar-refractivity contribution in [3.8, 4) is 0 Å². The number of aromatic nitrogens is 2. The second-order valence-corrected chi connectivity index (χ2v) is 6.14. The molecule has 0 saturated carbocycles. The van der Waals surface area contributed by atoms with Gasteiger partial charge in [0, 0.05) is 24.5 Å². The molecule has 1 aromatic rings. The van der Waals surface area contributed by atoms with Gasteiger partial charge in [0.1, 0.15) is 0 Å². The second-order valence-electron chi connectivity index (χ2n) is 5.80. The Bertz CT molecular complexity index is 501. The maximum Gasteiger partial charge on any atom is 0.491 e. The van der Waals surface area contributed by atoms with Crippen LogP contribution in [0.3, 0.4) is 0 Å². The topological polar surface area (TPSA) is 70.3 Å². The molecule has 0 atom stereocenters. The van der Waals surface area contributed by atoms with Gasteiger partial charge in [-0.05, 0) is 44.8 Å². The van der Waals surface area contributed by atoms with Crippen molar-refractivity contribution in [1.82, 2.24) is 9.97 Å². The highest BCUT2D eigenvalue weighted by atomic mass is 35.5. The highest BCUT2D eigenvalue weighted by Gasteiger charge is 2.52. The van der Waals surface area contributed by atoms with Crippen molar-refractivity contribution in [1.29, 1.82) is 0 Å². The van der Waals surface area contributed by atoms with E-state index in [4.69, 9.17) is 26.6 Å². The van der Waals surface area contributed by atoms with Gasteiger partial charge in [-0.3, -0.25) is 0 Å². The SMILES string of the molecule is CC1(C)OB(C(=Cc2cnc(Cl)nc2)CN)OC1(C)C. The summed E-state index contributed by atoms with van der Waals surface area (Å²) in [5.41, 5.74) is 6.69. The maximum atomic E-state index is 5.98. The Kier molecular flexibility index (Phi) is 4.20. The molecule has 0 amide bonds. The monoisotopic (exact) mass is 295 g/mol. The lowest BCUT2D eigenvalue weighted by molar-refractivity contribution is 0.00578. The number of nitrogens with zero attached hydrogens (tertiary/aromatic N) is 2. The van der Waals surface area contributed by atoms with Crippen molar-refractivity contribution in [2.24, 2.45) is 5.73 Å². The Morgan fingerprint density at radius 3 is 2.20 bits per heavy atom. The lowest BCUT2D eigenvalue weighted by atomic mass is 9.77. The van der Waals surface area contributed by atoms with Gasteiger partial charge < -0.3 is 15.0 Å². The molecule has 1 aliphatic heterocycles. The van der Waals surface area contributed by atoms with Gasteiger partial charge in [0.15, 0.2) is 0 Å². The molecule has 108 valence electrons. The molecule has 0 unspecified atom stereocenters. The molecule has 20 heavy (non-hydrogen) atoms. The van der Waals surface area contributed by atoms with Gasteiger partial charge in [-0.15, -0.1) is 0 Å². The zero-order valence-electron chi connectivity index (χ0n) is 12.2. The molecule has 1 aromatic heterocycles. The Hall–Kier alpha value is -0.945. The lowest BCUT2D eigenvalue weighted by Crippen LogP contribution is -2.41. The van der Waals surface area contributed by atoms with Crippen LogP contribution in [-0.2, 0) is 9.31 Å². The van der Waals surface area contributed by atoms with Crippen LogP contribution in [0.15, 0.2) is 17.9 Å². The van der Waals surface area contributed by atoms with E-state index in [-0.39, 0.29) is 16.5 Å². The first kappa shape index (κ1) is 15.4. The third-order valence-electron chi connectivity index (χ3n) is 3.78. The summed E-state index contributed by atoms with van der Waals surface area (Å²) in [6.45, 7) is 8.36. The molecular weight excluding hydrogens is 276 g/mol. The summed E-state index contributed by atoms with van der Waals surface area (Å²) in [7, 11) is -0.458. The summed E-state index contributed by atoms with van der Waals surface area (Å²) < 4.78 is 12.0. The molecule has 0 spiro atoms. The van der Waals surface area contributed by atoms with Gasteiger partial charge in [-0.1, -0.05) is 6.08 Å².